The molecule has 1 aromatic rings. The van der Waals surface area contributed by atoms with Gasteiger partial charge in [-0.05, 0) is 43.8 Å². The van der Waals surface area contributed by atoms with Crippen LogP contribution in [0.25, 0.3) is 0 Å². The standard InChI is InChI=1S/C11H18N2S/c1-8-3-6-14-9(8)10(12)11(4-5-11)7-13-2/h3,6,10,13H,4-5,7,12H2,1-2H3. The van der Waals surface area contributed by atoms with Crippen LogP contribution in [0, 0.1) is 12.3 Å². The maximum atomic E-state index is 6.34. The Labute approximate surface area is 89.5 Å². The molecule has 2 rings (SSSR count). The quantitative estimate of drug-likeness (QED) is 0.798. The summed E-state index contributed by atoms with van der Waals surface area (Å²) < 4.78 is 0. The zero-order valence-corrected chi connectivity index (χ0v) is 9.66. The van der Waals surface area contributed by atoms with Crippen LogP contribution in [0.2, 0.25) is 0 Å². The molecule has 0 radical (unpaired) electrons. The molecule has 78 valence electrons. The molecule has 3 heteroatoms. The summed E-state index contributed by atoms with van der Waals surface area (Å²) >= 11 is 1.80. The average Bonchev–Trinajstić information content (AvgIpc) is 2.82. The molecular weight excluding hydrogens is 192 g/mol. The van der Waals surface area contributed by atoms with Crippen molar-refractivity contribution < 1.29 is 0 Å². The first-order valence-electron chi connectivity index (χ1n) is 5.14. The minimum atomic E-state index is 0.231. The van der Waals surface area contributed by atoms with E-state index in [9.17, 15) is 0 Å². The van der Waals surface area contributed by atoms with Crippen molar-refractivity contribution >= 4 is 11.3 Å². The fourth-order valence-electron chi connectivity index (χ4n) is 2.09. The second kappa shape index (κ2) is 3.65. The molecule has 3 N–H and O–H groups in total. The molecule has 1 fully saturated rings. The maximum absolute atomic E-state index is 6.34. The molecule has 1 heterocycles. The predicted octanol–water partition coefficient (Wildman–Crippen LogP) is 2.06. The summed E-state index contributed by atoms with van der Waals surface area (Å²) in [7, 11) is 2.01. The number of rotatable bonds is 4. The van der Waals surface area contributed by atoms with Crippen molar-refractivity contribution in [1.82, 2.24) is 5.32 Å². The van der Waals surface area contributed by atoms with Crippen LogP contribution in [0.15, 0.2) is 11.4 Å². The smallest absolute Gasteiger partial charge is 0.0461 e. The van der Waals surface area contributed by atoms with Gasteiger partial charge >= 0.3 is 0 Å². The fourth-order valence-corrected chi connectivity index (χ4v) is 3.16. The third-order valence-electron chi connectivity index (χ3n) is 3.26. The summed E-state index contributed by atoms with van der Waals surface area (Å²) in [4.78, 5) is 1.37. The Hall–Kier alpha value is -0.380. The Bertz CT molecular complexity index is 315. The number of nitrogens with one attached hydrogen (secondary N) is 1. The van der Waals surface area contributed by atoms with Crippen molar-refractivity contribution in [1.29, 1.82) is 0 Å². The lowest BCUT2D eigenvalue weighted by Gasteiger charge is -2.22. The highest BCUT2D eigenvalue weighted by Gasteiger charge is 2.48. The van der Waals surface area contributed by atoms with E-state index in [0.717, 1.165) is 6.54 Å². The highest BCUT2D eigenvalue weighted by Crippen LogP contribution is 2.54. The maximum Gasteiger partial charge on any atom is 0.0461 e. The SMILES string of the molecule is CNCC1(C(N)c2sccc2C)CC1. The summed E-state index contributed by atoms with van der Waals surface area (Å²) in [6.07, 6.45) is 2.54. The van der Waals surface area contributed by atoms with Gasteiger partial charge < -0.3 is 11.1 Å². The van der Waals surface area contributed by atoms with Gasteiger partial charge in [-0.25, -0.2) is 0 Å². The second-order valence-electron chi connectivity index (χ2n) is 4.34. The molecule has 14 heavy (non-hydrogen) atoms. The van der Waals surface area contributed by atoms with Gasteiger partial charge in [-0.2, -0.15) is 0 Å². The molecule has 0 aromatic carbocycles. The number of aryl methyl sites for hydroxylation is 1. The molecule has 1 saturated carbocycles. The van der Waals surface area contributed by atoms with Gasteiger partial charge in [0, 0.05) is 22.9 Å². The van der Waals surface area contributed by atoms with Gasteiger partial charge in [0.25, 0.3) is 0 Å². The van der Waals surface area contributed by atoms with Crippen LogP contribution in [-0.2, 0) is 0 Å². The Morgan fingerprint density at radius 3 is 2.79 bits per heavy atom. The normalized spacial score (nSPS) is 20.8. The van der Waals surface area contributed by atoms with Crippen LogP contribution >= 0.6 is 11.3 Å². The largest absolute Gasteiger partial charge is 0.323 e. The van der Waals surface area contributed by atoms with E-state index in [4.69, 9.17) is 5.73 Å². The van der Waals surface area contributed by atoms with E-state index in [-0.39, 0.29) is 6.04 Å². The van der Waals surface area contributed by atoms with Crippen LogP contribution in [0.1, 0.15) is 29.3 Å². The van der Waals surface area contributed by atoms with Crippen molar-refractivity contribution in [3.8, 4) is 0 Å². The Morgan fingerprint density at radius 1 is 1.64 bits per heavy atom. The number of thiophene rings is 1. The molecular formula is C11H18N2S. The third-order valence-corrected chi connectivity index (χ3v) is 4.37. The van der Waals surface area contributed by atoms with Crippen molar-refractivity contribution in [3.05, 3.63) is 21.9 Å². The van der Waals surface area contributed by atoms with Crippen molar-refractivity contribution in [2.75, 3.05) is 13.6 Å². The summed E-state index contributed by atoms with van der Waals surface area (Å²) in [5.41, 5.74) is 8.04. The Morgan fingerprint density at radius 2 is 2.36 bits per heavy atom. The molecule has 0 saturated heterocycles. The van der Waals surface area contributed by atoms with Gasteiger partial charge in [-0.3, -0.25) is 0 Å². The zero-order valence-electron chi connectivity index (χ0n) is 8.84. The summed E-state index contributed by atoms with van der Waals surface area (Å²) in [5.74, 6) is 0. The molecule has 1 aliphatic carbocycles. The van der Waals surface area contributed by atoms with Crippen LogP contribution in [-0.4, -0.2) is 13.6 Å². The van der Waals surface area contributed by atoms with E-state index in [1.165, 1.54) is 23.3 Å². The van der Waals surface area contributed by atoms with E-state index >= 15 is 0 Å². The lowest BCUT2D eigenvalue weighted by Crippen LogP contribution is -2.31. The predicted molar refractivity (Wildman–Crippen MR) is 61.6 cm³/mol. The first-order valence-corrected chi connectivity index (χ1v) is 6.02. The zero-order chi connectivity index (χ0) is 10.2. The molecule has 0 amide bonds. The number of hydrogen-bond donors (Lipinski definition) is 2. The van der Waals surface area contributed by atoms with Crippen molar-refractivity contribution in [2.45, 2.75) is 25.8 Å². The summed E-state index contributed by atoms with van der Waals surface area (Å²) in [6.45, 7) is 3.20. The van der Waals surface area contributed by atoms with Crippen LogP contribution in [0.5, 0.6) is 0 Å². The van der Waals surface area contributed by atoms with Crippen LogP contribution < -0.4 is 11.1 Å². The van der Waals surface area contributed by atoms with E-state index in [1.807, 2.05) is 7.05 Å². The lowest BCUT2D eigenvalue weighted by atomic mass is 9.94. The van der Waals surface area contributed by atoms with Gasteiger partial charge in [0.15, 0.2) is 0 Å². The molecule has 1 atom stereocenters. The van der Waals surface area contributed by atoms with Gasteiger partial charge in [-0.15, -0.1) is 11.3 Å². The fraction of sp³-hybridized carbons (Fsp3) is 0.636. The first-order chi connectivity index (χ1) is 6.69. The third kappa shape index (κ3) is 1.60. The van der Waals surface area contributed by atoms with E-state index in [2.05, 4.69) is 23.7 Å². The highest BCUT2D eigenvalue weighted by molar-refractivity contribution is 7.10. The van der Waals surface area contributed by atoms with Crippen molar-refractivity contribution in [2.24, 2.45) is 11.1 Å². The van der Waals surface area contributed by atoms with Crippen LogP contribution in [0.3, 0.4) is 0 Å². The van der Waals surface area contributed by atoms with E-state index in [0.29, 0.717) is 5.41 Å². The molecule has 0 bridgehead atoms. The van der Waals surface area contributed by atoms with E-state index in [1.54, 1.807) is 11.3 Å². The molecule has 1 unspecified atom stereocenters. The van der Waals surface area contributed by atoms with Gasteiger partial charge in [0.2, 0.25) is 0 Å². The minimum absolute atomic E-state index is 0.231. The molecule has 1 aromatic heterocycles. The monoisotopic (exact) mass is 210 g/mol. The second-order valence-corrected chi connectivity index (χ2v) is 5.29. The molecule has 2 nitrogen and oxygen atoms in total. The highest BCUT2D eigenvalue weighted by atomic mass is 32.1. The lowest BCUT2D eigenvalue weighted by molar-refractivity contribution is 0.396. The average molecular weight is 210 g/mol. The molecule has 1 aliphatic rings. The van der Waals surface area contributed by atoms with Crippen LogP contribution in [0.4, 0.5) is 0 Å². The Kier molecular flexibility index (Phi) is 2.64. The Balaban J connectivity index is 2.16. The van der Waals surface area contributed by atoms with Gasteiger partial charge in [0.05, 0.1) is 0 Å². The summed E-state index contributed by atoms with van der Waals surface area (Å²) in [6, 6.07) is 2.39. The topological polar surface area (TPSA) is 38.0 Å². The van der Waals surface area contributed by atoms with Crippen molar-refractivity contribution in [3.63, 3.8) is 0 Å². The number of nitrogens with two attached hydrogens (primary N) is 1. The molecule has 0 spiro atoms. The number of hydrogen-bond acceptors (Lipinski definition) is 3. The van der Waals surface area contributed by atoms with Gasteiger partial charge in [0.1, 0.15) is 0 Å². The minimum Gasteiger partial charge on any atom is -0.323 e. The summed E-state index contributed by atoms with van der Waals surface area (Å²) in [5, 5.41) is 5.40. The first kappa shape index (κ1) is 10.1. The molecule has 0 aliphatic heterocycles. The van der Waals surface area contributed by atoms with E-state index < -0.39 is 0 Å². The van der Waals surface area contributed by atoms with Gasteiger partial charge in [-0.1, -0.05) is 0 Å².